The number of halogens is 1. The van der Waals surface area contributed by atoms with Gasteiger partial charge in [-0.2, -0.15) is 12.7 Å². The van der Waals surface area contributed by atoms with Gasteiger partial charge in [-0.1, -0.05) is 45.1 Å². The molecule has 1 N–H and O–H groups in total. The van der Waals surface area contributed by atoms with E-state index in [1.54, 1.807) is 17.7 Å². The van der Waals surface area contributed by atoms with Crippen LogP contribution in [0.4, 0.5) is 4.39 Å². The SMILES string of the molecule is C[C@H](CF)C1CCC(C(=O)N2CC[C@@H](C3CCCCC3)[C@H]2C(=O)Cc2ccc3c(c2)cc(C(=O)NS(=O)(=O)N2CCCC2)n3C)CC1. The Hall–Kier alpha value is -2.79. The van der Waals surface area contributed by atoms with Crippen LogP contribution in [0.25, 0.3) is 10.9 Å². The molecule has 2 amide bonds. The number of carbonyl (C=O) groups excluding carboxylic acids is 3. The van der Waals surface area contributed by atoms with Crippen LogP contribution in [0.5, 0.6) is 0 Å². The molecular weight excluding hydrogens is 619 g/mol. The molecule has 0 radical (unpaired) electrons. The zero-order chi connectivity index (χ0) is 33.3. The molecule has 2 saturated carbocycles. The fourth-order valence-corrected chi connectivity index (χ4v) is 10.2. The quantitative estimate of drug-likeness (QED) is 0.356. The molecule has 6 rings (SSSR count). The van der Waals surface area contributed by atoms with Crippen molar-refractivity contribution < 1.29 is 27.2 Å². The molecule has 2 saturated heterocycles. The van der Waals surface area contributed by atoms with Gasteiger partial charge in [0.15, 0.2) is 5.78 Å². The van der Waals surface area contributed by atoms with Crippen LogP contribution >= 0.6 is 0 Å². The van der Waals surface area contributed by atoms with Crippen molar-refractivity contribution in [1.29, 1.82) is 0 Å². The molecule has 0 unspecified atom stereocenters. The molecule has 3 atom stereocenters. The molecule has 4 aliphatic rings. The second-order valence-electron chi connectivity index (χ2n) is 14.7. The number of rotatable bonds is 10. The summed E-state index contributed by atoms with van der Waals surface area (Å²) >= 11 is 0. The normalized spacial score (nSPS) is 26.9. The summed E-state index contributed by atoms with van der Waals surface area (Å²) in [6.07, 6.45) is 11.6. The van der Waals surface area contributed by atoms with Gasteiger partial charge in [0.25, 0.3) is 5.91 Å². The highest BCUT2D eigenvalue weighted by Gasteiger charge is 2.46. The maximum atomic E-state index is 14.3. The van der Waals surface area contributed by atoms with Gasteiger partial charge in [-0.25, -0.2) is 4.72 Å². The van der Waals surface area contributed by atoms with Crippen molar-refractivity contribution >= 4 is 38.7 Å². The molecule has 11 heteroatoms. The smallest absolute Gasteiger partial charge is 0.304 e. The molecule has 4 fully saturated rings. The van der Waals surface area contributed by atoms with E-state index in [0.29, 0.717) is 31.5 Å². The molecule has 0 bridgehead atoms. The lowest BCUT2D eigenvalue weighted by atomic mass is 9.74. The molecule has 2 aliphatic carbocycles. The van der Waals surface area contributed by atoms with Crippen molar-refractivity contribution in [3.8, 4) is 0 Å². The molecule has 1 aromatic carbocycles. The summed E-state index contributed by atoms with van der Waals surface area (Å²) in [5.41, 5.74) is 1.80. The number of alkyl halides is 1. The maximum absolute atomic E-state index is 14.3. The summed E-state index contributed by atoms with van der Waals surface area (Å²) in [5.74, 6) is 0.355. The maximum Gasteiger partial charge on any atom is 0.304 e. The molecule has 3 heterocycles. The number of benzene rings is 1. The number of ketones is 1. The Morgan fingerprint density at radius 2 is 1.62 bits per heavy atom. The van der Waals surface area contributed by atoms with Crippen LogP contribution in [0, 0.1) is 29.6 Å². The summed E-state index contributed by atoms with van der Waals surface area (Å²) in [4.78, 5) is 43.3. The summed E-state index contributed by atoms with van der Waals surface area (Å²) < 4.78 is 43.9. The summed E-state index contributed by atoms with van der Waals surface area (Å²) in [7, 11) is -2.18. The highest BCUT2D eigenvalue weighted by molar-refractivity contribution is 7.87. The van der Waals surface area contributed by atoms with Crippen molar-refractivity contribution in [3.63, 3.8) is 0 Å². The van der Waals surface area contributed by atoms with Gasteiger partial charge in [0, 0.05) is 49.9 Å². The Balaban J connectivity index is 1.19. The predicted octanol–water partition coefficient (Wildman–Crippen LogP) is 5.57. The van der Waals surface area contributed by atoms with Crippen molar-refractivity contribution in [3.05, 3.63) is 35.5 Å². The zero-order valence-corrected chi connectivity index (χ0v) is 28.8. The Bertz CT molecular complexity index is 1570. The van der Waals surface area contributed by atoms with Gasteiger partial charge in [0.05, 0.1) is 12.7 Å². The molecule has 0 spiro atoms. The van der Waals surface area contributed by atoms with E-state index in [-0.39, 0.29) is 48.2 Å². The van der Waals surface area contributed by atoms with Crippen molar-refractivity contribution in [2.24, 2.45) is 36.6 Å². The third-order valence-electron chi connectivity index (χ3n) is 11.8. The number of aryl methyl sites for hydroxylation is 1. The van der Waals surface area contributed by atoms with Crippen molar-refractivity contribution in [1.82, 2.24) is 18.5 Å². The van der Waals surface area contributed by atoms with Gasteiger partial charge in [-0.05, 0) is 92.4 Å². The number of aromatic nitrogens is 1. The molecule has 1 aromatic heterocycles. The van der Waals surface area contributed by atoms with E-state index in [2.05, 4.69) is 4.72 Å². The third-order valence-corrected chi connectivity index (χ3v) is 13.3. The number of nitrogens with one attached hydrogen (secondary N) is 1. The van der Waals surface area contributed by atoms with Crippen LogP contribution in [0.1, 0.15) is 100 Å². The Morgan fingerprint density at radius 1 is 0.915 bits per heavy atom. The van der Waals surface area contributed by atoms with Crippen molar-refractivity contribution in [2.75, 3.05) is 26.3 Å². The average molecular weight is 671 g/mol. The second kappa shape index (κ2) is 14.4. The van der Waals surface area contributed by atoms with Crippen LogP contribution < -0.4 is 4.72 Å². The molecular formula is C36H51FN4O5S. The predicted molar refractivity (Wildman–Crippen MR) is 180 cm³/mol. The van der Waals surface area contributed by atoms with Gasteiger partial charge >= 0.3 is 10.2 Å². The minimum absolute atomic E-state index is 0.0261. The first kappa shape index (κ1) is 34.1. The first-order chi connectivity index (χ1) is 22.6. The lowest BCUT2D eigenvalue weighted by molar-refractivity contribution is -0.143. The summed E-state index contributed by atoms with van der Waals surface area (Å²) in [6, 6.07) is 6.91. The van der Waals surface area contributed by atoms with E-state index in [0.717, 1.165) is 74.3 Å². The number of likely N-dealkylation sites (tertiary alicyclic amines) is 1. The van der Waals surface area contributed by atoms with Crippen molar-refractivity contribution in [2.45, 2.75) is 96.4 Å². The van der Waals surface area contributed by atoms with Crippen LogP contribution in [-0.2, 0) is 33.3 Å². The topological polar surface area (TPSA) is 109 Å². The number of hydrogen-bond acceptors (Lipinski definition) is 5. The summed E-state index contributed by atoms with van der Waals surface area (Å²) in [5, 5.41) is 0.754. The van der Waals surface area contributed by atoms with Crippen LogP contribution in [0.15, 0.2) is 24.3 Å². The molecule has 2 aliphatic heterocycles. The third kappa shape index (κ3) is 7.16. The number of nitrogens with zero attached hydrogens (tertiary/aromatic N) is 3. The van der Waals surface area contributed by atoms with E-state index in [1.165, 1.54) is 23.6 Å². The molecule has 258 valence electrons. The number of fused-ring (bicyclic) bond motifs is 1. The van der Waals surface area contributed by atoms with E-state index in [9.17, 15) is 27.2 Å². The highest BCUT2D eigenvalue weighted by atomic mass is 32.2. The Labute approximate surface area is 278 Å². The minimum Gasteiger partial charge on any atom is -0.340 e. The van der Waals surface area contributed by atoms with E-state index in [4.69, 9.17) is 0 Å². The van der Waals surface area contributed by atoms with Gasteiger partial charge in [-0.15, -0.1) is 0 Å². The van der Waals surface area contributed by atoms with E-state index in [1.807, 2.05) is 30.0 Å². The monoisotopic (exact) mass is 670 g/mol. The lowest BCUT2D eigenvalue weighted by Gasteiger charge is -2.37. The fraction of sp³-hybridized carbons (Fsp3) is 0.694. The molecule has 47 heavy (non-hydrogen) atoms. The van der Waals surface area contributed by atoms with Crippen LogP contribution in [0.3, 0.4) is 0 Å². The van der Waals surface area contributed by atoms with Crippen LogP contribution in [0.2, 0.25) is 0 Å². The average Bonchev–Trinajstić information content (AvgIpc) is 3.84. The van der Waals surface area contributed by atoms with Crippen LogP contribution in [-0.4, -0.2) is 72.1 Å². The van der Waals surface area contributed by atoms with Gasteiger partial charge < -0.3 is 9.47 Å². The van der Waals surface area contributed by atoms with Gasteiger partial charge in [0.1, 0.15) is 5.69 Å². The second-order valence-corrected chi connectivity index (χ2v) is 16.4. The van der Waals surface area contributed by atoms with E-state index >= 15 is 0 Å². The minimum atomic E-state index is -3.91. The summed E-state index contributed by atoms with van der Waals surface area (Å²) in [6.45, 7) is 3.06. The number of Topliss-reactive ketones (excluding diaryl/α,β-unsaturated/α-hetero) is 1. The number of hydrogen-bond donors (Lipinski definition) is 1. The first-order valence-corrected chi connectivity index (χ1v) is 19.3. The first-order valence-electron chi connectivity index (χ1n) is 17.9. The fourth-order valence-electron chi connectivity index (χ4n) is 9.02. The molecule has 9 nitrogen and oxygen atoms in total. The number of carbonyl (C=O) groups is 3. The van der Waals surface area contributed by atoms with E-state index < -0.39 is 22.2 Å². The lowest BCUT2D eigenvalue weighted by Crippen LogP contribution is -2.48. The van der Waals surface area contributed by atoms with Gasteiger partial charge in [0.2, 0.25) is 5.91 Å². The Morgan fingerprint density at radius 3 is 2.30 bits per heavy atom. The Kier molecular flexibility index (Phi) is 10.4. The standard InChI is InChI=1S/C36H51FN4O5S/c1-24(23-37)26-11-13-28(14-12-26)36(44)41-19-16-30(27-8-4-3-5-9-27)34(41)33(42)21-25-10-15-31-29(20-25)22-32(39(31)2)35(43)38-47(45,46)40-17-6-7-18-40/h10,15,20,22,24,26-28,30,34H,3-9,11-14,16-19,21,23H2,1-2H3,(H,38,43)/t24-,26?,28?,30+,34+/m1/s1. The molecule has 2 aromatic rings. The highest BCUT2D eigenvalue weighted by Crippen LogP contribution is 2.42. The van der Waals surface area contributed by atoms with Gasteiger partial charge in [-0.3, -0.25) is 18.8 Å². The number of amides is 2. The zero-order valence-electron chi connectivity index (χ0n) is 28.0. The largest absolute Gasteiger partial charge is 0.340 e.